The summed E-state index contributed by atoms with van der Waals surface area (Å²) >= 11 is 1.17. The van der Waals surface area contributed by atoms with Gasteiger partial charge in [0.1, 0.15) is 15.5 Å². The van der Waals surface area contributed by atoms with Gasteiger partial charge in [-0.15, -0.1) is 11.3 Å². The van der Waals surface area contributed by atoms with Gasteiger partial charge in [0.15, 0.2) is 0 Å². The van der Waals surface area contributed by atoms with E-state index >= 15 is 0 Å². The molecule has 0 saturated heterocycles. The standard InChI is InChI=1S/C26H26N2O5S/c29-23-16-15-11-12-33-20(15)19-18-17(16)21(25(31)27(23)13-7-3-1-4-8-13)34-22(18)26(32)28(24(19)30)14-9-5-2-6-10-14/h13-14H,1-12H2. The van der Waals surface area contributed by atoms with Crippen LogP contribution in [0.2, 0.25) is 0 Å². The van der Waals surface area contributed by atoms with Crippen molar-refractivity contribution < 1.29 is 23.9 Å². The van der Waals surface area contributed by atoms with Crippen LogP contribution in [-0.4, -0.2) is 52.1 Å². The predicted octanol–water partition coefficient (Wildman–Crippen LogP) is 4.69. The zero-order valence-corrected chi connectivity index (χ0v) is 19.8. The molecular weight excluding hydrogens is 452 g/mol. The number of hydrogen-bond acceptors (Lipinski definition) is 6. The number of benzene rings is 1. The average molecular weight is 479 g/mol. The second-order valence-electron chi connectivity index (χ2n) is 10.2. The maximum Gasteiger partial charge on any atom is 0.271 e. The van der Waals surface area contributed by atoms with Gasteiger partial charge in [-0.25, -0.2) is 0 Å². The predicted molar refractivity (Wildman–Crippen MR) is 126 cm³/mol. The number of ether oxygens (including phenoxy) is 1. The smallest absolute Gasteiger partial charge is 0.271 e. The lowest BCUT2D eigenvalue weighted by Crippen LogP contribution is -2.48. The minimum absolute atomic E-state index is 0.110. The highest BCUT2D eigenvalue weighted by Gasteiger charge is 2.49. The van der Waals surface area contributed by atoms with Crippen molar-refractivity contribution in [1.29, 1.82) is 0 Å². The molecule has 7 rings (SSSR count). The molecule has 0 unspecified atom stereocenters. The first-order chi connectivity index (χ1) is 16.6. The third kappa shape index (κ3) is 2.58. The molecule has 0 spiro atoms. The summed E-state index contributed by atoms with van der Waals surface area (Å²) in [5, 5.41) is 0.994. The van der Waals surface area contributed by atoms with E-state index in [2.05, 4.69) is 0 Å². The van der Waals surface area contributed by atoms with Crippen molar-refractivity contribution in [2.24, 2.45) is 0 Å². The molecule has 2 saturated carbocycles. The van der Waals surface area contributed by atoms with Crippen molar-refractivity contribution in [2.45, 2.75) is 82.7 Å². The monoisotopic (exact) mass is 478 g/mol. The molecule has 0 atom stereocenters. The van der Waals surface area contributed by atoms with Crippen LogP contribution >= 0.6 is 11.3 Å². The molecule has 1 aromatic carbocycles. The molecule has 0 N–H and O–H groups in total. The minimum atomic E-state index is -0.326. The summed E-state index contributed by atoms with van der Waals surface area (Å²) in [5.74, 6) is -0.773. The summed E-state index contributed by atoms with van der Waals surface area (Å²) in [6.07, 6.45) is 10.0. The number of carbonyl (C=O) groups is 4. The Kier molecular flexibility index (Phi) is 4.47. The van der Waals surface area contributed by atoms with E-state index in [0.717, 1.165) is 69.8 Å². The first-order valence-electron chi connectivity index (χ1n) is 12.6. The van der Waals surface area contributed by atoms with Gasteiger partial charge in [-0.1, -0.05) is 38.5 Å². The maximum absolute atomic E-state index is 13.8. The molecular formula is C26H26N2O5S. The van der Waals surface area contributed by atoms with Crippen molar-refractivity contribution in [1.82, 2.24) is 9.80 Å². The summed E-state index contributed by atoms with van der Waals surface area (Å²) < 4.78 is 5.98. The van der Waals surface area contributed by atoms with Crippen molar-refractivity contribution in [3.8, 4) is 5.75 Å². The van der Waals surface area contributed by atoms with Gasteiger partial charge >= 0.3 is 0 Å². The molecule has 4 heterocycles. The zero-order valence-electron chi connectivity index (χ0n) is 19.0. The molecule has 4 amide bonds. The van der Waals surface area contributed by atoms with Crippen LogP contribution in [0.3, 0.4) is 0 Å². The Labute approximate surface area is 201 Å². The van der Waals surface area contributed by atoms with Gasteiger partial charge in [0.05, 0.1) is 17.7 Å². The molecule has 7 nitrogen and oxygen atoms in total. The van der Waals surface area contributed by atoms with E-state index in [0.29, 0.717) is 50.4 Å². The van der Waals surface area contributed by atoms with Gasteiger partial charge in [-0.2, -0.15) is 0 Å². The summed E-state index contributed by atoms with van der Waals surface area (Å²) in [4.78, 5) is 58.8. The number of nitrogens with zero attached hydrogens (tertiary/aromatic N) is 2. The number of rotatable bonds is 2. The molecule has 2 aromatic rings. The first kappa shape index (κ1) is 20.6. The van der Waals surface area contributed by atoms with Crippen LogP contribution in [0.5, 0.6) is 5.75 Å². The quantitative estimate of drug-likeness (QED) is 0.585. The van der Waals surface area contributed by atoms with Crippen LogP contribution in [-0.2, 0) is 6.42 Å². The van der Waals surface area contributed by atoms with E-state index in [1.54, 1.807) is 0 Å². The van der Waals surface area contributed by atoms with Crippen LogP contribution < -0.4 is 4.74 Å². The number of fused-ring (bicyclic) bond motifs is 3. The maximum atomic E-state index is 13.8. The SMILES string of the molecule is O=C1c2sc3c4c(c5c(c(c24)C(=O)N1C1CCCCC1)CCO5)C(=O)N(C1CCCCC1)C3=O. The molecule has 1 aromatic heterocycles. The van der Waals surface area contributed by atoms with E-state index in [1.165, 1.54) is 21.1 Å². The Hall–Kier alpha value is -2.74. The Morgan fingerprint density at radius 1 is 0.647 bits per heavy atom. The van der Waals surface area contributed by atoms with Crippen molar-refractivity contribution in [3.05, 3.63) is 26.4 Å². The van der Waals surface area contributed by atoms with Gasteiger partial charge in [-0.05, 0) is 25.7 Å². The lowest BCUT2D eigenvalue weighted by Gasteiger charge is -2.36. The zero-order chi connectivity index (χ0) is 23.1. The van der Waals surface area contributed by atoms with Crippen LogP contribution in [0, 0.1) is 0 Å². The largest absolute Gasteiger partial charge is 0.492 e. The highest BCUT2D eigenvalue weighted by Crippen LogP contribution is 2.51. The normalized spacial score (nSPS) is 23.2. The molecule has 5 aliphatic rings. The molecule has 0 bridgehead atoms. The van der Waals surface area contributed by atoms with Gasteiger partial charge in [0.25, 0.3) is 23.6 Å². The number of carbonyl (C=O) groups excluding carboxylic acids is 4. The van der Waals surface area contributed by atoms with Crippen LogP contribution in [0.15, 0.2) is 0 Å². The number of hydrogen-bond donors (Lipinski definition) is 0. The lowest BCUT2D eigenvalue weighted by molar-refractivity contribution is 0.0486. The third-order valence-corrected chi connectivity index (χ3v) is 9.55. The number of thiophene rings is 1. The lowest BCUT2D eigenvalue weighted by atomic mass is 9.85. The van der Waals surface area contributed by atoms with Crippen molar-refractivity contribution >= 4 is 45.7 Å². The molecule has 176 valence electrons. The minimum Gasteiger partial charge on any atom is -0.492 e. The molecule has 3 aliphatic heterocycles. The van der Waals surface area contributed by atoms with Gasteiger partial charge in [0, 0.05) is 34.8 Å². The molecule has 34 heavy (non-hydrogen) atoms. The third-order valence-electron chi connectivity index (χ3n) is 8.38. The fraction of sp³-hybridized carbons (Fsp3) is 0.538. The number of imide groups is 2. The Bertz CT molecular complexity index is 1200. The summed E-state index contributed by atoms with van der Waals surface area (Å²) in [5.41, 5.74) is 1.61. The van der Waals surface area contributed by atoms with E-state index in [9.17, 15) is 19.2 Å². The second kappa shape index (κ2) is 7.38. The topological polar surface area (TPSA) is 84.0 Å². The fourth-order valence-corrected chi connectivity index (χ4v) is 8.01. The second-order valence-corrected chi connectivity index (χ2v) is 11.2. The van der Waals surface area contributed by atoms with Crippen LogP contribution in [0.25, 0.3) is 10.8 Å². The van der Waals surface area contributed by atoms with E-state index in [1.807, 2.05) is 0 Å². The summed E-state index contributed by atoms with van der Waals surface area (Å²) in [6.45, 7) is 0.394. The van der Waals surface area contributed by atoms with Crippen LogP contribution in [0.1, 0.15) is 110 Å². The summed E-state index contributed by atoms with van der Waals surface area (Å²) in [6, 6.07) is -0.234. The number of amides is 4. The Balaban J connectivity index is 1.46. The highest BCUT2D eigenvalue weighted by molar-refractivity contribution is 7.18. The van der Waals surface area contributed by atoms with Crippen molar-refractivity contribution in [2.75, 3.05) is 6.61 Å². The van der Waals surface area contributed by atoms with Gasteiger partial charge < -0.3 is 4.74 Å². The fourth-order valence-electron chi connectivity index (χ4n) is 6.82. The first-order valence-corrected chi connectivity index (χ1v) is 13.4. The average Bonchev–Trinajstić information content (AvgIpc) is 3.49. The van der Waals surface area contributed by atoms with Crippen LogP contribution in [0.4, 0.5) is 0 Å². The molecule has 0 radical (unpaired) electrons. The molecule has 8 heteroatoms. The Morgan fingerprint density at radius 2 is 1.15 bits per heavy atom. The molecule has 2 aliphatic carbocycles. The highest BCUT2D eigenvalue weighted by atomic mass is 32.1. The Morgan fingerprint density at radius 3 is 1.71 bits per heavy atom. The van der Waals surface area contributed by atoms with Gasteiger partial charge in [-0.3, -0.25) is 29.0 Å². The summed E-state index contributed by atoms with van der Waals surface area (Å²) in [7, 11) is 0. The van der Waals surface area contributed by atoms with E-state index in [4.69, 9.17) is 4.74 Å². The van der Waals surface area contributed by atoms with E-state index in [-0.39, 0.29) is 35.7 Å². The molecule has 2 fully saturated rings. The van der Waals surface area contributed by atoms with Crippen molar-refractivity contribution in [3.63, 3.8) is 0 Å². The van der Waals surface area contributed by atoms with E-state index < -0.39 is 0 Å². The van der Waals surface area contributed by atoms with Gasteiger partial charge in [0.2, 0.25) is 0 Å².